The average molecular weight is 332 g/mol. The lowest BCUT2D eigenvalue weighted by Crippen LogP contribution is -2.43. The summed E-state index contributed by atoms with van der Waals surface area (Å²) < 4.78 is 10.5. The number of ether oxygens (including phenoxy) is 1. The topological polar surface area (TPSA) is 97.6 Å². The largest absolute Gasteiger partial charge is 0.464 e. The molecule has 0 radical (unpaired) electrons. The van der Waals surface area contributed by atoms with Crippen molar-refractivity contribution in [2.45, 2.75) is 33.3 Å². The first-order valence-electron chi connectivity index (χ1n) is 7.51. The molecule has 0 fully saturated rings. The van der Waals surface area contributed by atoms with E-state index in [1.807, 2.05) is 26.0 Å². The minimum Gasteiger partial charge on any atom is -0.464 e. The van der Waals surface area contributed by atoms with Gasteiger partial charge in [0.2, 0.25) is 0 Å². The first-order valence-corrected chi connectivity index (χ1v) is 7.51. The van der Waals surface area contributed by atoms with E-state index in [0.29, 0.717) is 11.1 Å². The van der Waals surface area contributed by atoms with Gasteiger partial charge in [0.05, 0.1) is 12.7 Å². The van der Waals surface area contributed by atoms with Gasteiger partial charge in [0.15, 0.2) is 6.10 Å². The van der Waals surface area contributed by atoms with Crippen LogP contribution < -0.4 is 10.6 Å². The number of esters is 1. The van der Waals surface area contributed by atoms with Crippen LogP contribution >= 0.6 is 0 Å². The van der Waals surface area contributed by atoms with Gasteiger partial charge >= 0.3 is 12.0 Å². The molecule has 0 aliphatic heterocycles. The van der Waals surface area contributed by atoms with Gasteiger partial charge in [0.1, 0.15) is 5.58 Å². The minimum absolute atomic E-state index is 0.0207. The summed E-state index contributed by atoms with van der Waals surface area (Å²) in [4.78, 5) is 34.8. The summed E-state index contributed by atoms with van der Waals surface area (Å²) in [5.41, 5.74) is 3.59. The summed E-state index contributed by atoms with van der Waals surface area (Å²) >= 11 is 0. The van der Waals surface area contributed by atoms with E-state index < -0.39 is 24.0 Å². The Hall–Kier alpha value is -2.83. The lowest BCUT2D eigenvalue weighted by Gasteiger charge is -2.12. The van der Waals surface area contributed by atoms with E-state index in [2.05, 4.69) is 10.6 Å². The van der Waals surface area contributed by atoms with Crippen molar-refractivity contribution in [2.75, 3.05) is 7.05 Å². The fourth-order valence-corrected chi connectivity index (χ4v) is 2.20. The predicted octanol–water partition coefficient (Wildman–Crippen LogP) is 1.98. The molecule has 1 aromatic heterocycles. The molecule has 1 unspecified atom stereocenters. The van der Waals surface area contributed by atoms with Crippen molar-refractivity contribution in [3.8, 4) is 0 Å². The first kappa shape index (κ1) is 17.5. The van der Waals surface area contributed by atoms with Crippen LogP contribution in [0.15, 0.2) is 22.8 Å². The second-order valence-electron chi connectivity index (χ2n) is 5.57. The van der Waals surface area contributed by atoms with Gasteiger partial charge < -0.3 is 14.5 Å². The lowest BCUT2D eigenvalue weighted by molar-refractivity contribution is -0.153. The number of nitrogens with one attached hydrogen (secondary N) is 2. The number of hydrogen-bond acceptors (Lipinski definition) is 5. The van der Waals surface area contributed by atoms with Crippen LogP contribution in [-0.2, 0) is 20.7 Å². The molecular weight excluding hydrogens is 312 g/mol. The zero-order chi connectivity index (χ0) is 17.9. The van der Waals surface area contributed by atoms with Gasteiger partial charge in [-0.25, -0.2) is 4.79 Å². The maximum atomic E-state index is 12.0. The number of amides is 3. The first-order chi connectivity index (χ1) is 11.3. The molecule has 2 rings (SSSR count). The predicted molar refractivity (Wildman–Crippen MR) is 87.5 cm³/mol. The number of imide groups is 1. The highest BCUT2D eigenvalue weighted by Crippen LogP contribution is 2.25. The van der Waals surface area contributed by atoms with E-state index >= 15 is 0 Å². The SMILES string of the molecule is CNC(=O)NC(=O)C(C)OC(=O)Cc1coc2cc(C)c(C)cc12. The van der Waals surface area contributed by atoms with Gasteiger partial charge in [-0.3, -0.25) is 14.9 Å². The Morgan fingerprint density at radius 2 is 1.88 bits per heavy atom. The Labute approximate surface area is 139 Å². The van der Waals surface area contributed by atoms with E-state index in [4.69, 9.17) is 9.15 Å². The summed E-state index contributed by atoms with van der Waals surface area (Å²) in [6, 6.07) is 3.21. The second kappa shape index (κ2) is 7.16. The van der Waals surface area contributed by atoms with Crippen molar-refractivity contribution in [1.82, 2.24) is 10.6 Å². The molecule has 7 nitrogen and oxygen atoms in total. The highest BCUT2D eigenvalue weighted by Gasteiger charge is 2.20. The number of furan rings is 1. The zero-order valence-electron chi connectivity index (χ0n) is 14.1. The molecule has 0 aliphatic carbocycles. The Morgan fingerprint density at radius 1 is 1.21 bits per heavy atom. The maximum Gasteiger partial charge on any atom is 0.321 e. The number of aryl methyl sites for hydroxylation is 2. The number of urea groups is 1. The normalized spacial score (nSPS) is 11.8. The minimum atomic E-state index is -1.07. The number of fused-ring (bicyclic) bond motifs is 1. The molecule has 0 aliphatic rings. The molecule has 0 bridgehead atoms. The third kappa shape index (κ3) is 3.92. The van der Waals surface area contributed by atoms with E-state index in [-0.39, 0.29) is 6.42 Å². The van der Waals surface area contributed by atoms with E-state index in [1.54, 1.807) is 0 Å². The fourth-order valence-electron chi connectivity index (χ4n) is 2.20. The van der Waals surface area contributed by atoms with Crippen LogP contribution in [0.2, 0.25) is 0 Å². The van der Waals surface area contributed by atoms with E-state index in [0.717, 1.165) is 16.5 Å². The molecule has 0 spiro atoms. The summed E-state index contributed by atoms with van der Waals surface area (Å²) in [6.07, 6.45) is 0.421. The van der Waals surface area contributed by atoms with Crippen molar-refractivity contribution in [2.24, 2.45) is 0 Å². The second-order valence-corrected chi connectivity index (χ2v) is 5.57. The highest BCUT2D eigenvalue weighted by molar-refractivity contribution is 5.97. The quantitative estimate of drug-likeness (QED) is 0.834. The van der Waals surface area contributed by atoms with Crippen LogP contribution in [0.3, 0.4) is 0 Å². The monoisotopic (exact) mass is 332 g/mol. The van der Waals surface area contributed by atoms with Gasteiger partial charge in [0.25, 0.3) is 5.91 Å². The van der Waals surface area contributed by atoms with Gasteiger partial charge in [-0.15, -0.1) is 0 Å². The Bertz CT molecular complexity index is 794. The number of hydrogen-bond donors (Lipinski definition) is 2. The van der Waals surface area contributed by atoms with Crippen molar-refractivity contribution < 1.29 is 23.5 Å². The van der Waals surface area contributed by atoms with Crippen molar-refractivity contribution >= 4 is 28.9 Å². The third-order valence-corrected chi connectivity index (χ3v) is 3.75. The zero-order valence-corrected chi connectivity index (χ0v) is 14.1. The van der Waals surface area contributed by atoms with Crippen LogP contribution in [-0.4, -0.2) is 31.1 Å². The molecule has 1 atom stereocenters. The van der Waals surface area contributed by atoms with Crippen LogP contribution in [0.25, 0.3) is 11.0 Å². The molecule has 0 saturated heterocycles. The number of carbonyl (C=O) groups excluding carboxylic acids is 3. The molecule has 2 N–H and O–H groups in total. The van der Waals surface area contributed by atoms with Gasteiger partial charge in [-0.05, 0) is 44.0 Å². The Morgan fingerprint density at radius 3 is 2.54 bits per heavy atom. The number of rotatable bonds is 4. The molecule has 1 aromatic carbocycles. The van der Waals surface area contributed by atoms with Crippen LogP contribution in [0.1, 0.15) is 23.6 Å². The van der Waals surface area contributed by atoms with Gasteiger partial charge in [-0.1, -0.05) is 0 Å². The Kier molecular flexibility index (Phi) is 5.23. The summed E-state index contributed by atoms with van der Waals surface area (Å²) in [5, 5.41) is 5.14. The van der Waals surface area contributed by atoms with Gasteiger partial charge in [0, 0.05) is 18.0 Å². The fraction of sp³-hybridized carbons (Fsp3) is 0.353. The number of carbonyl (C=O) groups is 3. The molecule has 3 amide bonds. The Balaban J connectivity index is 2.03. The average Bonchev–Trinajstić information content (AvgIpc) is 2.89. The molecule has 1 heterocycles. The van der Waals surface area contributed by atoms with Crippen molar-refractivity contribution in [1.29, 1.82) is 0 Å². The van der Waals surface area contributed by atoms with E-state index in [1.165, 1.54) is 20.2 Å². The van der Waals surface area contributed by atoms with Crippen molar-refractivity contribution in [3.05, 3.63) is 35.1 Å². The summed E-state index contributed by atoms with van der Waals surface area (Å²) in [5.74, 6) is -1.26. The summed E-state index contributed by atoms with van der Waals surface area (Å²) in [7, 11) is 1.38. The summed E-state index contributed by atoms with van der Waals surface area (Å²) in [6.45, 7) is 5.37. The van der Waals surface area contributed by atoms with Crippen LogP contribution in [0, 0.1) is 13.8 Å². The van der Waals surface area contributed by atoms with Crippen LogP contribution in [0.4, 0.5) is 4.79 Å². The molecule has 7 heteroatoms. The maximum absolute atomic E-state index is 12.0. The van der Waals surface area contributed by atoms with E-state index in [9.17, 15) is 14.4 Å². The van der Waals surface area contributed by atoms with Crippen LogP contribution in [0.5, 0.6) is 0 Å². The number of benzene rings is 1. The van der Waals surface area contributed by atoms with Gasteiger partial charge in [-0.2, -0.15) is 0 Å². The third-order valence-electron chi connectivity index (χ3n) is 3.75. The molecule has 2 aromatic rings. The smallest absolute Gasteiger partial charge is 0.321 e. The molecule has 0 saturated carbocycles. The molecule has 24 heavy (non-hydrogen) atoms. The van der Waals surface area contributed by atoms with Crippen molar-refractivity contribution in [3.63, 3.8) is 0 Å². The standard InChI is InChI=1S/C17H20N2O5/c1-9-5-13-12(8-23-14(13)6-10(9)2)7-15(20)24-11(3)16(21)19-17(22)18-4/h5-6,8,11H,7H2,1-4H3,(H2,18,19,21,22). The molecule has 128 valence electrons. The molecular formula is C17H20N2O5. The highest BCUT2D eigenvalue weighted by atomic mass is 16.5. The lowest BCUT2D eigenvalue weighted by atomic mass is 10.0.